The third-order valence-corrected chi connectivity index (χ3v) is 2.78. The highest BCUT2D eigenvalue weighted by Gasteiger charge is 2.11. The maximum Gasteiger partial charge on any atom is 0.296 e. The molecule has 0 unspecified atom stereocenters. The van der Waals surface area contributed by atoms with E-state index < -0.39 is 4.92 Å². The predicted molar refractivity (Wildman–Crippen MR) is 76.2 cm³/mol. The topological polar surface area (TPSA) is 108 Å². The zero-order chi connectivity index (χ0) is 15.2. The first-order chi connectivity index (χ1) is 10.1. The van der Waals surface area contributed by atoms with Gasteiger partial charge in [-0.3, -0.25) is 10.1 Å². The van der Waals surface area contributed by atoms with Crippen molar-refractivity contribution in [3.63, 3.8) is 0 Å². The van der Waals surface area contributed by atoms with Gasteiger partial charge in [-0.2, -0.15) is 0 Å². The van der Waals surface area contributed by atoms with E-state index in [0.717, 1.165) is 5.56 Å². The zero-order valence-electron chi connectivity index (χ0n) is 11.0. The summed E-state index contributed by atoms with van der Waals surface area (Å²) < 4.78 is 0. The number of nitro benzene ring substituents is 1. The first-order valence-corrected chi connectivity index (χ1v) is 6.19. The number of para-hydroxylation sites is 1. The van der Waals surface area contributed by atoms with Gasteiger partial charge >= 0.3 is 0 Å². The normalized spacial score (nSPS) is 10.9. The minimum absolute atomic E-state index is 0.0223. The van der Waals surface area contributed by atoms with Gasteiger partial charge in [-0.1, -0.05) is 18.2 Å². The van der Waals surface area contributed by atoms with Crippen molar-refractivity contribution in [1.29, 1.82) is 0 Å². The summed E-state index contributed by atoms with van der Waals surface area (Å²) in [5.74, 6) is -0.0842. The van der Waals surface area contributed by atoms with Gasteiger partial charge in [0.1, 0.15) is 11.4 Å². The van der Waals surface area contributed by atoms with Crippen LogP contribution in [0.5, 0.6) is 5.75 Å². The van der Waals surface area contributed by atoms with E-state index >= 15 is 0 Å². The number of hydrogen-bond donors (Lipinski definition) is 2. The molecule has 0 heterocycles. The standard InChI is InChI=1S/C14H13N3O4/c18-8-7-10-5-6-14(19)12(9-10)16-15-11-3-1-2-4-13(11)17(20)21/h1-6,9,18-19H,7-8H2/b16-15+. The maximum atomic E-state index is 10.9. The highest BCUT2D eigenvalue weighted by molar-refractivity contribution is 5.58. The smallest absolute Gasteiger partial charge is 0.296 e. The lowest BCUT2D eigenvalue weighted by Gasteiger charge is -2.02. The highest BCUT2D eigenvalue weighted by Crippen LogP contribution is 2.32. The van der Waals surface area contributed by atoms with E-state index in [-0.39, 0.29) is 29.4 Å². The number of aliphatic hydroxyl groups excluding tert-OH is 1. The summed E-state index contributed by atoms with van der Waals surface area (Å²) in [4.78, 5) is 10.3. The van der Waals surface area contributed by atoms with Crippen molar-refractivity contribution < 1.29 is 15.1 Å². The molecule has 21 heavy (non-hydrogen) atoms. The third kappa shape index (κ3) is 3.61. The number of nitrogens with zero attached hydrogens (tertiary/aromatic N) is 3. The summed E-state index contributed by atoms with van der Waals surface area (Å²) >= 11 is 0. The molecule has 2 rings (SSSR count). The first-order valence-electron chi connectivity index (χ1n) is 6.19. The van der Waals surface area contributed by atoms with Crippen LogP contribution < -0.4 is 0 Å². The molecule has 2 aromatic carbocycles. The molecule has 0 saturated heterocycles. The molecule has 108 valence electrons. The summed E-state index contributed by atoms with van der Waals surface area (Å²) in [6.45, 7) is -0.0223. The third-order valence-electron chi connectivity index (χ3n) is 2.78. The Morgan fingerprint density at radius 3 is 2.52 bits per heavy atom. The van der Waals surface area contributed by atoms with E-state index in [9.17, 15) is 15.2 Å². The molecule has 0 aliphatic carbocycles. The Hall–Kier alpha value is -2.80. The molecule has 0 atom stereocenters. The van der Waals surface area contributed by atoms with E-state index in [0.29, 0.717) is 6.42 Å². The van der Waals surface area contributed by atoms with Crippen LogP contribution in [0.2, 0.25) is 0 Å². The van der Waals surface area contributed by atoms with Crippen LogP contribution in [0.4, 0.5) is 17.1 Å². The fraction of sp³-hybridized carbons (Fsp3) is 0.143. The molecule has 7 heteroatoms. The van der Waals surface area contributed by atoms with Crippen LogP contribution in [0.3, 0.4) is 0 Å². The molecule has 0 fully saturated rings. The van der Waals surface area contributed by atoms with Gasteiger partial charge in [0.25, 0.3) is 5.69 Å². The molecule has 0 aromatic heterocycles. The van der Waals surface area contributed by atoms with Gasteiger partial charge in [0.2, 0.25) is 0 Å². The van der Waals surface area contributed by atoms with E-state index in [1.807, 2.05) is 0 Å². The Morgan fingerprint density at radius 1 is 1.10 bits per heavy atom. The lowest BCUT2D eigenvalue weighted by molar-refractivity contribution is -0.384. The molecule has 0 amide bonds. The fourth-order valence-corrected chi connectivity index (χ4v) is 1.74. The van der Waals surface area contributed by atoms with Crippen molar-refractivity contribution in [2.45, 2.75) is 6.42 Å². The number of aromatic hydroxyl groups is 1. The fourth-order valence-electron chi connectivity index (χ4n) is 1.74. The van der Waals surface area contributed by atoms with Gasteiger partial charge in [0.05, 0.1) is 4.92 Å². The minimum Gasteiger partial charge on any atom is -0.506 e. The molecular weight excluding hydrogens is 274 g/mol. The average molecular weight is 287 g/mol. The number of rotatable bonds is 5. The molecule has 7 nitrogen and oxygen atoms in total. The van der Waals surface area contributed by atoms with E-state index in [1.165, 1.54) is 24.3 Å². The summed E-state index contributed by atoms with van der Waals surface area (Å²) in [6, 6.07) is 10.6. The molecule has 0 saturated carbocycles. The largest absolute Gasteiger partial charge is 0.506 e. The van der Waals surface area contributed by atoms with Crippen LogP contribution in [0, 0.1) is 10.1 Å². The van der Waals surface area contributed by atoms with E-state index in [4.69, 9.17) is 5.11 Å². The molecule has 2 N–H and O–H groups in total. The molecule has 0 aliphatic rings. The predicted octanol–water partition coefficient (Wildman–Crippen LogP) is 3.25. The van der Waals surface area contributed by atoms with Crippen molar-refractivity contribution in [2.24, 2.45) is 10.2 Å². The van der Waals surface area contributed by atoms with Crippen LogP contribution in [0.1, 0.15) is 5.56 Å². The van der Waals surface area contributed by atoms with Crippen LogP contribution >= 0.6 is 0 Å². The van der Waals surface area contributed by atoms with Gasteiger partial charge < -0.3 is 10.2 Å². The monoisotopic (exact) mass is 287 g/mol. The number of aliphatic hydroxyl groups is 1. The van der Waals surface area contributed by atoms with Gasteiger partial charge in [-0.05, 0) is 30.2 Å². The van der Waals surface area contributed by atoms with Crippen molar-refractivity contribution in [1.82, 2.24) is 0 Å². The molecule has 0 radical (unpaired) electrons. The number of phenols is 1. The zero-order valence-corrected chi connectivity index (χ0v) is 11.0. The average Bonchev–Trinajstić information content (AvgIpc) is 2.48. The Bertz CT molecular complexity index is 686. The summed E-state index contributed by atoms with van der Waals surface area (Å²) in [6.07, 6.45) is 0.425. The quantitative estimate of drug-likeness (QED) is 0.499. The Balaban J connectivity index is 2.33. The Morgan fingerprint density at radius 2 is 1.81 bits per heavy atom. The first kappa shape index (κ1) is 14.6. The SMILES string of the molecule is O=[N+]([O-])c1ccccc1/N=N/c1cc(CCO)ccc1O. The van der Waals surface area contributed by atoms with Gasteiger partial charge in [0.15, 0.2) is 5.69 Å². The number of phenolic OH excluding ortho intramolecular Hbond substituents is 1. The molecule has 2 aromatic rings. The van der Waals surface area contributed by atoms with Crippen molar-refractivity contribution in [3.8, 4) is 5.75 Å². The molecule has 0 aliphatic heterocycles. The molecule has 0 spiro atoms. The second kappa shape index (κ2) is 6.58. The van der Waals surface area contributed by atoms with Crippen LogP contribution in [-0.2, 0) is 6.42 Å². The number of benzene rings is 2. The Kier molecular flexibility index (Phi) is 4.57. The lowest BCUT2D eigenvalue weighted by atomic mass is 10.1. The van der Waals surface area contributed by atoms with Crippen LogP contribution in [-0.4, -0.2) is 21.7 Å². The number of nitro groups is 1. The Labute approximate surface area is 120 Å². The van der Waals surface area contributed by atoms with Crippen molar-refractivity contribution in [3.05, 3.63) is 58.1 Å². The van der Waals surface area contributed by atoms with E-state index in [2.05, 4.69) is 10.2 Å². The number of azo groups is 1. The molecule has 0 bridgehead atoms. The lowest BCUT2D eigenvalue weighted by Crippen LogP contribution is -1.89. The van der Waals surface area contributed by atoms with Gasteiger partial charge in [0, 0.05) is 12.7 Å². The summed E-state index contributed by atoms with van der Waals surface area (Å²) in [5, 5.41) is 37.1. The van der Waals surface area contributed by atoms with Crippen LogP contribution in [0.15, 0.2) is 52.7 Å². The van der Waals surface area contributed by atoms with E-state index in [1.54, 1.807) is 18.2 Å². The van der Waals surface area contributed by atoms with Crippen LogP contribution in [0.25, 0.3) is 0 Å². The highest BCUT2D eigenvalue weighted by atomic mass is 16.6. The molecular formula is C14H13N3O4. The van der Waals surface area contributed by atoms with Gasteiger partial charge in [-0.15, -0.1) is 10.2 Å². The summed E-state index contributed by atoms with van der Waals surface area (Å²) in [7, 11) is 0. The minimum atomic E-state index is -0.545. The number of hydrogen-bond acceptors (Lipinski definition) is 6. The second-order valence-electron chi connectivity index (χ2n) is 4.24. The maximum absolute atomic E-state index is 10.9. The van der Waals surface area contributed by atoms with Gasteiger partial charge in [-0.25, -0.2) is 0 Å². The second-order valence-corrected chi connectivity index (χ2v) is 4.24. The van der Waals surface area contributed by atoms with Crippen molar-refractivity contribution in [2.75, 3.05) is 6.61 Å². The summed E-state index contributed by atoms with van der Waals surface area (Å²) in [5.41, 5.74) is 0.924. The van der Waals surface area contributed by atoms with Crippen molar-refractivity contribution >= 4 is 17.1 Å².